The Hall–Kier alpha value is -1.43. The minimum atomic E-state index is -0.0386. The van der Waals surface area contributed by atoms with Crippen LogP contribution in [0.15, 0.2) is 6.20 Å². The van der Waals surface area contributed by atoms with Gasteiger partial charge >= 0.3 is 0 Å². The second kappa shape index (κ2) is 7.02. The minimum Gasteiger partial charge on any atom is -0.338 e. The third kappa shape index (κ3) is 4.03. The van der Waals surface area contributed by atoms with Crippen LogP contribution in [0.25, 0.3) is 0 Å². The van der Waals surface area contributed by atoms with Gasteiger partial charge in [0, 0.05) is 13.1 Å². The zero-order valence-electron chi connectivity index (χ0n) is 13.5. The minimum absolute atomic E-state index is 0.0386. The van der Waals surface area contributed by atoms with E-state index < -0.39 is 0 Å². The molecule has 1 aromatic heterocycles. The number of nitrogens with one attached hydrogen (secondary N) is 1. The van der Waals surface area contributed by atoms with Crippen molar-refractivity contribution in [2.24, 2.45) is 5.92 Å². The van der Waals surface area contributed by atoms with Crippen molar-refractivity contribution in [2.75, 3.05) is 20.1 Å². The van der Waals surface area contributed by atoms with Gasteiger partial charge in [-0.05, 0) is 45.2 Å². The van der Waals surface area contributed by atoms with Gasteiger partial charge < -0.3 is 10.2 Å². The highest BCUT2D eigenvalue weighted by molar-refractivity contribution is 5.91. The van der Waals surface area contributed by atoms with Gasteiger partial charge in [-0.25, -0.2) is 4.68 Å². The normalized spacial score (nSPS) is 18.0. The van der Waals surface area contributed by atoms with Crippen molar-refractivity contribution in [3.05, 3.63) is 11.9 Å². The molecule has 0 saturated carbocycles. The van der Waals surface area contributed by atoms with Crippen molar-refractivity contribution in [1.82, 2.24) is 25.2 Å². The molecule has 6 nitrogen and oxygen atoms in total. The van der Waals surface area contributed by atoms with Gasteiger partial charge in [0.2, 0.25) is 0 Å². The number of amides is 1. The monoisotopic (exact) mass is 293 g/mol. The van der Waals surface area contributed by atoms with E-state index >= 15 is 0 Å². The Kier molecular flexibility index (Phi) is 5.33. The highest BCUT2D eigenvalue weighted by atomic mass is 16.2. The van der Waals surface area contributed by atoms with Gasteiger partial charge in [-0.3, -0.25) is 4.79 Å². The summed E-state index contributed by atoms with van der Waals surface area (Å²) >= 11 is 0. The van der Waals surface area contributed by atoms with Gasteiger partial charge in [-0.1, -0.05) is 19.1 Å². The summed E-state index contributed by atoms with van der Waals surface area (Å²) in [5.74, 6) is 0.531. The number of nitrogens with zero attached hydrogens (tertiary/aromatic N) is 4. The smallest absolute Gasteiger partial charge is 0.276 e. The van der Waals surface area contributed by atoms with Crippen molar-refractivity contribution in [3.8, 4) is 0 Å². The predicted octanol–water partition coefficient (Wildman–Crippen LogP) is 1.71. The molecule has 1 N–H and O–H groups in total. The molecule has 1 aliphatic rings. The van der Waals surface area contributed by atoms with Gasteiger partial charge in [-0.2, -0.15) is 0 Å². The lowest BCUT2D eigenvalue weighted by Crippen LogP contribution is -2.36. The van der Waals surface area contributed by atoms with Gasteiger partial charge in [0.15, 0.2) is 5.69 Å². The molecule has 1 fully saturated rings. The second-order valence-electron chi connectivity index (χ2n) is 6.46. The van der Waals surface area contributed by atoms with Gasteiger partial charge in [0.1, 0.15) is 0 Å². The molecule has 0 spiro atoms. The molecule has 0 aliphatic carbocycles. The van der Waals surface area contributed by atoms with Crippen LogP contribution in [0.5, 0.6) is 0 Å². The Morgan fingerprint density at radius 3 is 2.71 bits per heavy atom. The molecule has 0 bridgehead atoms. The van der Waals surface area contributed by atoms with E-state index in [2.05, 4.69) is 36.4 Å². The molecule has 118 valence electrons. The molecule has 0 aromatic carbocycles. The summed E-state index contributed by atoms with van der Waals surface area (Å²) in [4.78, 5) is 14.2. The molecule has 0 radical (unpaired) electrons. The first kappa shape index (κ1) is 15.9. The summed E-state index contributed by atoms with van der Waals surface area (Å²) in [5.41, 5.74) is 0.451. The van der Waals surface area contributed by atoms with Crippen molar-refractivity contribution in [3.63, 3.8) is 0 Å². The quantitative estimate of drug-likeness (QED) is 0.897. The Balaban J connectivity index is 2.00. The van der Waals surface area contributed by atoms with Crippen LogP contribution < -0.4 is 5.32 Å². The summed E-state index contributed by atoms with van der Waals surface area (Å²) < 4.78 is 1.86. The number of piperidine rings is 1. The molecule has 1 saturated heterocycles. The van der Waals surface area contributed by atoms with Crippen LogP contribution in [0, 0.1) is 5.92 Å². The van der Waals surface area contributed by atoms with E-state index in [1.807, 2.05) is 11.7 Å². The number of carbonyl (C=O) groups is 1. The van der Waals surface area contributed by atoms with Crippen molar-refractivity contribution in [2.45, 2.75) is 52.1 Å². The topological polar surface area (TPSA) is 63.1 Å². The highest BCUT2D eigenvalue weighted by Gasteiger charge is 2.23. The number of aromatic nitrogens is 3. The Morgan fingerprint density at radius 1 is 1.43 bits per heavy atom. The lowest BCUT2D eigenvalue weighted by Gasteiger charge is -2.25. The standard InChI is InChI=1S/C15H27N5O/c1-11(2)9-12(3)19(4)15(21)14-10-20(18-17-14)13-5-7-16-8-6-13/h10-13,16H,5-9H2,1-4H3. The lowest BCUT2D eigenvalue weighted by molar-refractivity contribution is 0.0722. The summed E-state index contributed by atoms with van der Waals surface area (Å²) in [6.07, 6.45) is 4.87. The summed E-state index contributed by atoms with van der Waals surface area (Å²) in [7, 11) is 1.85. The maximum Gasteiger partial charge on any atom is 0.276 e. The largest absolute Gasteiger partial charge is 0.338 e. The molecule has 21 heavy (non-hydrogen) atoms. The average molecular weight is 293 g/mol. The average Bonchev–Trinajstić information content (AvgIpc) is 2.95. The van der Waals surface area contributed by atoms with Crippen molar-refractivity contribution >= 4 is 5.91 Å². The highest BCUT2D eigenvalue weighted by Crippen LogP contribution is 2.18. The first-order valence-electron chi connectivity index (χ1n) is 7.88. The fraction of sp³-hybridized carbons (Fsp3) is 0.800. The third-order valence-corrected chi connectivity index (χ3v) is 4.21. The first-order valence-corrected chi connectivity index (χ1v) is 7.88. The summed E-state index contributed by atoms with van der Waals surface area (Å²) in [5, 5.41) is 11.6. The van der Waals surface area contributed by atoms with E-state index in [0.29, 0.717) is 17.7 Å². The SMILES string of the molecule is CC(C)CC(C)N(C)C(=O)c1cn(C2CCNCC2)nn1. The molecule has 2 rings (SSSR count). The predicted molar refractivity (Wildman–Crippen MR) is 82.2 cm³/mol. The van der Waals surface area contributed by atoms with Crippen LogP contribution in [0.2, 0.25) is 0 Å². The summed E-state index contributed by atoms with van der Waals surface area (Å²) in [6, 6.07) is 0.570. The summed E-state index contributed by atoms with van der Waals surface area (Å²) in [6.45, 7) is 8.41. The Bertz CT molecular complexity index is 464. The fourth-order valence-electron chi connectivity index (χ4n) is 2.85. The maximum absolute atomic E-state index is 12.5. The molecule has 2 heterocycles. The fourth-order valence-corrected chi connectivity index (χ4v) is 2.85. The van der Waals surface area contributed by atoms with Gasteiger partial charge in [-0.15, -0.1) is 5.10 Å². The van der Waals surface area contributed by atoms with Crippen LogP contribution in [-0.2, 0) is 0 Å². The molecule has 1 aromatic rings. The zero-order chi connectivity index (χ0) is 15.4. The first-order chi connectivity index (χ1) is 9.99. The van der Waals surface area contributed by atoms with Crippen LogP contribution >= 0.6 is 0 Å². The molecule has 1 atom stereocenters. The third-order valence-electron chi connectivity index (χ3n) is 4.21. The van der Waals surface area contributed by atoms with Crippen molar-refractivity contribution in [1.29, 1.82) is 0 Å². The molecule has 1 amide bonds. The number of rotatable bonds is 5. The van der Waals surface area contributed by atoms with E-state index in [4.69, 9.17) is 0 Å². The maximum atomic E-state index is 12.5. The molecule has 6 heteroatoms. The number of carbonyl (C=O) groups excluding carboxylic acids is 1. The van der Waals surface area contributed by atoms with Gasteiger partial charge in [0.05, 0.1) is 12.2 Å². The Morgan fingerprint density at radius 2 is 2.10 bits per heavy atom. The molecular formula is C15H27N5O. The number of hydrogen-bond donors (Lipinski definition) is 1. The van der Waals surface area contributed by atoms with E-state index in [1.165, 1.54) is 0 Å². The zero-order valence-corrected chi connectivity index (χ0v) is 13.5. The van der Waals surface area contributed by atoms with Gasteiger partial charge in [0.25, 0.3) is 5.91 Å². The molecule has 1 aliphatic heterocycles. The van der Waals surface area contributed by atoms with E-state index in [1.54, 1.807) is 11.1 Å². The molecule has 1 unspecified atom stereocenters. The van der Waals surface area contributed by atoms with E-state index in [0.717, 1.165) is 32.4 Å². The number of hydrogen-bond acceptors (Lipinski definition) is 4. The Labute approximate surface area is 126 Å². The van der Waals surface area contributed by atoms with Crippen LogP contribution in [0.1, 0.15) is 56.6 Å². The van der Waals surface area contributed by atoms with Crippen molar-refractivity contribution < 1.29 is 4.79 Å². The van der Waals surface area contributed by atoms with E-state index in [9.17, 15) is 4.79 Å². The van der Waals surface area contributed by atoms with Crippen LogP contribution in [0.3, 0.4) is 0 Å². The van der Waals surface area contributed by atoms with E-state index in [-0.39, 0.29) is 11.9 Å². The lowest BCUT2D eigenvalue weighted by atomic mass is 10.0. The molecular weight excluding hydrogens is 266 g/mol. The second-order valence-corrected chi connectivity index (χ2v) is 6.46. The van der Waals surface area contributed by atoms with Crippen LogP contribution in [-0.4, -0.2) is 52.0 Å². The van der Waals surface area contributed by atoms with Crippen LogP contribution in [0.4, 0.5) is 0 Å².